The zero-order valence-electron chi connectivity index (χ0n) is 16.6. The van der Waals surface area contributed by atoms with Gasteiger partial charge in [-0.25, -0.2) is 0 Å². The highest BCUT2D eigenvalue weighted by Gasteiger charge is 2.06. The molecule has 5 nitrogen and oxygen atoms in total. The summed E-state index contributed by atoms with van der Waals surface area (Å²) in [5.41, 5.74) is 3.39. The monoisotopic (exact) mass is 409 g/mol. The largest absolute Gasteiger partial charge is 0.310 e. The van der Waals surface area contributed by atoms with E-state index in [1.54, 1.807) is 0 Å². The number of rotatable bonds is 12. The van der Waals surface area contributed by atoms with Gasteiger partial charge in [0.15, 0.2) is 0 Å². The highest BCUT2D eigenvalue weighted by molar-refractivity contribution is 6.30. The third kappa shape index (κ3) is 8.30. The molecule has 0 aliphatic rings. The Hall–Kier alpha value is -2.31. The van der Waals surface area contributed by atoms with Crippen LogP contribution in [0.2, 0.25) is 5.02 Å². The fourth-order valence-corrected chi connectivity index (χ4v) is 3.16. The average Bonchev–Trinajstić information content (AvgIpc) is 2.77. The van der Waals surface area contributed by atoms with Crippen LogP contribution < -0.4 is 10.6 Å². The van der Waals surface area contributed by atoms with Crippen molar-refractivity contribution in [3.63, 3.8) is 0 Å². The summed E-state index contributed by atoms with van der Waals surface area (Å²) in [5.74, 6) is 0. The van der Waals surface area contributed by atoms with Crippen LogP contribution >= 0.6 is 11.6 Å². The Balaban J connectivity index is 1.45. The van der Waals surface area contributed by atoms with Gasteiger partial charge in [-0.2, -0.15) is 0 Å². The van der Waals surface area contributed by atoms with Crippen LogP contribution in [0, 0.1) is 0 Å². The SMILES string of the molecule is Clc1ccc(CN(CCNCc2ccccn2)CCNCc2ccccn2)cc1. The molecule has 3 rings (SSSR count). The molecule has 29 heavy (non-hydrogen) atoms. The fraction of sp³-hybridized carbons (Fsp3) is 0.304. The molecule has 0 fully saturated rings. The fourth-order valence-electron chi connectivity index (χ4n) is 3.03. The van der Waals surface area contributed by atoms with Gasteiger partial charge in [-0.3, -0.25) is 14.9 Å². The molecule has 0 spiro atoms. The Bertz CT molecular complexity index is 764. The first-order valence-electron chi connectivity index (χ1n) is 9.97. The molecule has 0 bridgehead atoms. The van der Waals surface area contributed by atoms with E-state index in [4.69, 9.17) is 11.6 Å². The molecule has 0 aliphatic heterocycles. The van der Waals surface area contributed by atoms with Gasteiger partial charge < -0.3 is 10.6 Å². The van der Waals surface area contributed by atoms with E-state index in [-0.39, 0.29) is 0 Å². The van der Waals surface area contributed by atoms with E-state index in [1.807, 2.05) is 60.9 Å². The quantitative estimate of drug-likeness (QED) is 0.448. The van der Waals surface area contributed by atoms with Crippen molar-refractivity contribution in [2.75, 3.05) is 26.2 Å². The highest BCUT2D eigenvalue weighted by atomic mass is 35.5. The molecule has 1 aromatic carbocycles. The lowest BCUT2D eigenvalue weighted by Crippen LogP contribution is -2.36. The van der Waals surface area contributed by atoms with Crippen LogP contribution in [0.1, 0.15) is 17.0 Å². The first-order valence-corrected chi connectivity index (χ1v) is 10.4. The molecule has 0 unspecified atom stereocenters. The van der Waals surface area contributed by atoms with Crippen LogP contribution in [0.15, 0.2) is 73.1 Å². The molecule has 152 valence electrons. The second kappa shape index (κ2) is 12.3. The zero-order valence-corrected chi connectivity index (χ0v) is 17.4. The Kier molecular flexibility index (Phi) is 9.07. The molecule has 0 radical (unpaired) electrons. The predicted octanol–water partition coefficient (Wildman–Crippen LogP) is 3.51. The number of nitrogens with one attached hydrogen (secondary N) is 2. The van der Waals surface area contributed by atoms with Gasteiger partial charge in [0.2, 0.25) is 0 Å². The smallest absolute Gasteiger partial charge is 0.0541 e. The van der Waals surface area contributed by atoms with E-state index in [2.05, 4.69) is 37.6 Å². The van der Waals surface area contributed by atoms with Gasteiger partial charge in [-0.05, 0) is 42.0 Å². The molecule has 2 aromatic heterocycles. The van der Waals surface area contributed by atoms with Gasteiger partial charge in [0.1, 0.15) is 0 Å². The van der Waals surface area contributed by atoms with Crippen molar-refractivity contribution >= 4 is 11.6 Å². The maximum Gasteiger partial charge on any atom is 0.0541 e. The minimum absolute atomic E-state index is 0.773. The minimum Gasteiger partial charge on any atom is -0.310 e. The van der Waals surface area contributed by atoms with Crippen LogP contribution in [-0.4, -0.2) is 41.0 Å². The molecule has 2 N–H and O–H groups in total. The van der Waals surface area contributed by atoms with Crippen molar-refractivity contribution in [2.24, 2.45) is 0 Å². The number of halogens is 1. The first kappa shape index (κ1) is 21.4. The lowest BCUT2D eigenvalue weighted by atomic mass is 10.2. The van der Waals surface area contributed by atoms with Crippen molar-refractivity contribution in [1.82, 2.24) is 25.5 Å². The molecule has 0 aliphatic carbocycles. The Morgan fingerprint density at radius 2 is 1.28 bits per heavy atom. The number of hydrogen-bond acceptors (Lipinski definition) is 5. The van der Waals surface area contributed by atoms with Crippen molar-refractivity contribution in [2.45, 2.75) is 19.6 Å². The first-order chi connectivity index (χ1) is 14.3. The molecular formula is C23H28ClN5. The summed E-state index contributed by atoms with van der Waals surface area (Å²) in [6.07, 6.45) is 3.66. The van der Waals surface area contributed by atoms with Gasteiger partial charge in [0.05, 0.1) is 11.4 Å². The van der Waals surface area contributed by atoms with E-state index in [0.717, 1.165) is 62.2 Å². The summed E-state index contributed by atoms with van der Waals surface area (Å²) >= 11 is 6.02. The third-order valence-electron chi connectivity index (χ3n) is 4.59. The summed E-state index contributed by atoms with van der Waals surface area (Å²) in [5, 5.41) is 7.75. The number of hydrogen-bond donors (Lipinski definition) is 2. The van der Waals surface area contributed by atoms with E-state index in [9.17, 15) is 0 Å². The van der Waals surface area contributed by atoms with Gasteiger partial charge in [0.25, 0.3) is 0 Å². The van der Waals surface area contributed by atoms with Crippen molar-refractivity contribution in [1.29, 1.82) is 0 Å². The predicted molar refractivity (Wildman–Crippen MR) is 119 cm³/mol. The van der Waals surface area contributed by atoms with E-state index >= 15 is 0 Å². The standard InChI is InChI=1S/C23H28ClN5/c24-21-9-7-20(8-10-21)19-29(15-13-25-17-22-5-1-3-11-27-22)16-14-26-18-23-6-2-4-12-28-23/h1-12,25-26H,13-19H2. The van der Waals surface area contributed by atoms with Gasteiger partial charge in [-0.15, -0.1) is 0 Å². The number of aromatic nitrogens is 2. The van der Waals surface area contributed by atoms with Crippen molar-refractivity contribution in [3.8, 4) is 0 Å². The van der Waals surface area contributed by atoms with Crippen LogP contribution in [0.5, 0.6) is 0 Å². The molecule has 2 heterocycles. The Labute approximate surface area is 178 Å². The topological polar surface area (TPSA) is 53.1 Å². The van der Waals surface area contributed by atoms with Gasteiger partial charge >= 0.3 is 0 Å². The minimum atomic E-state index is 0.773. The lowest BCUT2D eigenvalue weighted by Gasteiger charge is -2.23. The van der Waals surface area contributed by atoms with Gasteiger partial charge in [-0.1, -0.05) is 35.9 Å². The number of nitrogens with zero attached hydrogens (tertiary/aromatic N) is 3. The van der Waals surface area contributed by atoms with Crippen LogP contribution in [0.4, 0.5) is 0 Å². The molecular weight excluding hydrogens is 382 g/mol. The summed E-state index contributed by atoms with van der Waals surface area (Å²) in [6, 6.07) is 20.1. The summed E-state index contributed by atoms with van der Waals surface area (Å²) in [7, 11) is 0. The highest BCUT2D eigenvalue weighted by Crippen LogP contribution is 2.11. The third-order valence-corrected chi connectivity index (χ3v) is 4.85. The second-order valence-corrected chi connectivity index (χ2v) is 7.33. The second-order valence-electron chi connectivity index (χ2n) is 6.90. The van der Waals surface area contributed by atoms with Crippen LogP contribution in [0.25, 0.3) is 0 Å². The number of benzene rings is 1. The summed E-state index contributed by atoms with van der Waals surface area (Å²) < 4.78 is 0. The molecule has 6 heteroatoms. The molecule has 0 saturated carbocycles. The average molecular weight is 410 g/mol. The zero-order chi connectivity index (χ0) is 20.2. The maximum atomic E-state index is 6.02. The molecule has 0 atom stereocenters. The summed E-state index contributed by atoms with van der Waals surface area (Å²) in [4.78, 5) is 11.2. The van der Waals surface area contributed by atoms with Crippen molar-refractivity contribution in [3.05, 3.63) is 95.0 Å². The maximum absolute atomic E-state index is 6.02. The van der Waals surface area contributed by atoms with Gasteiger partial charge in [0, 0.05) is 63.2 Å². The van der Waals surface area contributed by atoms with Crippen LogP contribution in [-0.2, 0) is 19.6 Å². The lowest BCUT2D eigenvalue weighted by molar-refractivity contribution is 0.263. The van der Waals surface area contributed by atoms with Crippen LogP contribution in [0.3, 0.4) is 0 Å². The van der Waals surface area contributed by atoms with E-state index in [0.29, 0.717) is 0 Å². The molecule has 0 saturated heterocycles. The normalized spacial score (nSPS) is 11.1. The van der Waals surface area contributed by atoms with Crippen molar-refractivity contribution < 1.29 is 0 Å². The Morgan fingerprint density at radius 1 is 0.724 bits per heavy atom. The summed E-state index contributed by atoms with van der Waals surface area (Å²) in [6.45, 7) is 6.20. The van der Waals surface area contributed by atoms with E-state index in [1.165, 1.54) is 5.56 Å². The molecule has 3 aromatic rings. The molecule has 0 amide bonds. The Morgan fingerprint density at radius 3 is 1.76 bits per heavy atom. The number of pyridine rings is 2. The van der Waals surface area contributed by atoms with E-state index < -0.39 is 0 Å².